The number of thiophene rings is 1. The summed E-state index contributed by atoms with van der Waals surface area (Å²) in [6, 6.07) is 20.9. The van der Waals surface area contributed by atoms with Crippen molar-refractivity contribution >= 4 is 69.5 Å². The van der Waals surface area contributed by atoms with E-state index in [0.29, 0.717) is 58.2 Å². The van der Waals surface area contributed by atoms with E-state index in [4.69, 9.17) is 4.74 Å². The van der Waals surface area contributed by atoms with Gasteiger partial charge in [0.05, 0.1) is 24.5 Å². The lowest BCUT2D eigenvalue weighted by Gasteiger charge is -2.25. The van der Waals surface area contributed by atoms with Gasteiger partial charge in [0, 0.05) is 34.5 Å². The molecule has 13 heteroatoms. The molecule has 0 bridgehead atoms. The van der Waals surface area contributed by atoms with Crippen LogP contribution in [0.1, 0.15) is 57.0 Å². The van der Waals surface area contributed by atoms with Crippen LogP contribution in [0.4, 0.5) is 15.1 Å². The maximum Gasteiger partial charge on any atom is 0.341 e. The minimum Gasteiger partial charge on any atom is -0.465 e. The number of carbonyl (C=O) groups excluding carboxylic acids is 5. The molecule has 3 aromatic carbocycles. The van der Waals surface area contributed by atoms with Crippen molar-refractivity contribution in [2.75, 3.05) is 24.3 Å². The number of thioether (sulfide) groups is 1. The number of hydrogen-bond acceptors (Lipinski definition) is 8. The number of methoxy groups -OCH3 is 1. The summed E-state index contributed by atoms with van der Waals surface area (Å²) in [5.74, 6) is -2.46. The third-order valence-electron chi connectivity index (χ3n) is 7.87. The molecule has 1 aliphatic rings. The van der Waals surface area contributed by atoms with Crippen LogP contribution in [-0.2, 0) is 32.1 Å². The molecular weight excluding hydrogens is 680 g/mol. The van der Waals surface area contributed by atoms with E-state index in [1.165, 1.54) is 67.5 Å². The highest BCUT2D eigenvalue weighted by molar-refractivity contribution is 8.00. The molecule has 2 heterocycles. The first-order chi connectivity index (χ1) is 24.1. The summed E-state index contributed by atoms with van der Waals surface area (Å²) in [5.41, 5.74) is 2.32. The molecule has 1 aliphatic heterocycles. The summed E-state index contributed by atoms with van der Waals surface area (Å²) in [4.78, 5) is 68.0. The zero-order valence-corrected chi connectivity index (χ0v) is 29.2. The Balaban J connectivity index is 1.32. The van der Waals surface area contributed by atoms with E-state index >= 15 is 0 Å². The van der Waals surface area contributed by atoms with E-state index in [-0.39, 0.29) is 17.5 Å². The van der Waals surface area contributed by atoms with E-state index in [2.05, 4.69) is 16.0 Å². The Morgan fingerprint density at radius 2 is 1.74 bits per heavy atom. The maximum absolute atomic E-state index is 13.6. The number of benzene rings is 3. The number of rotatable bonds is 11. The van der Waals surface area contributed by atoms with Gasteiger partial charge in [-0.25, -0.2) is 9.18 Å². The van der Waals surface area contributed by atoms with Crippen molar-refractivity contribution in [2.24, 2.45) is 0 Å². The zero-order valence-electron chi connectivity index (χ0n) is 27.6. The van der Waals surface area contributed by atoms with Crippen molar-refractivity contribution in [3.8, 4) is 0 Å². The molecule has 0 spiro atoms. The van der Waals surface area contributed by atoms with E-state index in [0.717, 1.165) is 10.4 Å². The number of nitrogens with zero attached hydrogens (tertiary/aromatic N) is 1. The van der Waals surface area contributed by atoms with Crippen LogP contribution in [0.2, 0.25) is 0 Å². The Labute approximate surface area is 297 Å². The molecule has 4 amide bonds. The number of nitrogens with one attached hydrogen (secondary N) is 3. The molecule has 0 saturated heterocycles. The minimum atomic E-state index is -0.606. The summed E-state index contributed by atoms with van der Waals surface area (Å²) in [5, 5.41) is 8.23. The third kappa shape index (κ3) is 8.84. The normalized spacial score (nSPS) is 13.1. The van der Waals surface area contributed by atoms with E-state index in [9.17, 15) is 28.4 Å². The molecule has 1 aromatic heterocycles. The second-order valence-corrected chi connectivity index (χ2v) is 13.7. The molecule has 0 saturated carbocycles. The SMILES string of the molecule is CCC(Sc1cccc(NC(=O)/C(=C/c2ccc(F)cc2)NC(=O)c2ccccc2)c1)C(=O)Nc1sc2c(c1C(=O)OC)CCN(C(C)=O)C2. The summed E-state index contributed by atoms with van der Waals surface area (Å²) < 4.78 is 18.6. The predicted octanol–water partition coefficient (Wildman–Crippen LogP) is 6.50. The Bertz CT molecular complexity index is 1940. The highest BCUT2D eigenvalue weighted by Crippen LogP contribution is 2.38. The van der Waals surface area contributed by atoms with Crippen LogP contribution < -0.4 is 16.0 Å². The van der Waals surface area contributed by atoms with Crippen molar-refractivity contribution < 1.29 is 33.1 Å². The van der Waals surface area contributed by atoms with Gasteiger partial charge in [-0.3, -0.25) is 19.2 Å². The minimum absolute atomic E-state index is 0.0548. The van der Waals surface area contributed by atoms with Gasteiger partial charge >= 0.3 is 5.97 Å². The lowest BCUT2D eigenvalue weighted by Crippen LogP contribution is -2.34. The van der Waals surface area contributed by atoms with Crippen LogP contribution in [0, 0.1) is 5.82 Å². The van der Waals surface area contributed by atoms with Crippen molar-refractivity contribution in [1.82, 2.24) is 10.2 Å². The summed E-state index contributed by atoms with van der Waals surface area (Å²) in [7, 11) is 1.29. The highest BCUT2D eigenvalue weighted by Gasteiger charge is 2.31. The number of ether oxygens (including phenoxy) is 1. The number of halogens is 1. The first-order valence-electron chi connectivity index (χ1n) is 15.8. The molecule has 258 valence electrons. The first-order valence-corrected chi connectivity index (χ1v) is 17.5. The van der Waals surface area contributed by atoms with Gasteiger partial charge in [-0.2, -0.15) is 0 Å². The molecule has 0 radical (unpaired) electrons. The second kappa shape index (κ2) is 16.4. The number of amides is 4. The third-order valence-corrected chi connectivity index (χ3v) is 10.4. The molecular formula is C37H35FN4O6S2. The van der Waals surface area contributed by atoms with Gasteiger partial charge in [-0.05, 0) is 72.5 Å². The van der Waals surface area contributed by atoms with Gasteiger partial charge in [0.2, 0.25) is 11.8 Å². The van der Waals surface area contributed by atoms with Crippen molar-refractivity contribution in [2.45, 2.75) is 43.4 Å². The van der Waals surface area contributed by atoms with Gasteiger partial charge < -0.3 is 25.6 Å². The van der Waals surface area contributed by atoms with Crippen molar-refractivity contribution in [1.29, 1.82) is 0 Å². The Hall–Kier alpha value is -5.27. The van der Waals surface area contributed by atoms with Crippen molar-refractivity contribution in [3.63, 3.8) is 0 Å². The highest BCUT2D eigenvalue weighted by atomic mass is 32.2. The molecule has 0 fully saturated rings. The molecule has 5 rings (SSSR count). The molecule has 4 aromatic rings. The lowest BCUT2D eigenvalue weighted by atomic mass is 10.0. The van der Waals surface area contributed by atoms with Gasteiger partial charge in [0.25, 0.3) is 11.8 Å². The van der Waals surface area contributed by atoms with Crippen LogP contribution >= 0.6 is 23.1 Å². The van der Waals surface area contributed by atoms with Crippen LogP contribution in [0.5, 0.6) is 0 Å². The van der Waals surface area contributed by atoms with Gasteiger partial charge in [0.15, 0.2) is 0 Å². The largest absolute Gasteiger partial charge is 0.465 e. The smallest absolute Gasteiger partial charge is 0.341 e. The summed E-state index contributed by atoms with van der Waals surface area (Å²) >= 11 is 2.56. The Kier molecular flexibility index (Phi) is 11.8. The zero-order chi connectivity index (χ0) is 35.8. The van der Waals surface area contributed by atoms with Gasteiger partial charge in [0.1, 0.15) is 16.5 Å². The van der Waals surface area contributed by atoms with Gasteiger partial charge in [-0.1, -0.05) is 43.3 Å². The molecule has 1 unspecified atom stereocenters. The molecule has 10 nitrogen and oxygen atoms in total. The van der Waals surface area contributed by atoms with E-state index in [1.54, 1.807) is 53.4 Å². The molecule has 0 aliphatic carbocycles. The average Bonchev–Trinajstić information content (AvgIpc) is 3.48. The summed E-state index contributed by atoms with van der Waals surface area (Å²) in [6.45, 7) is 4.20. The predicted molar refractivity (Wildman–Crippen MR) is 192 cm³/mol. The average molecular weight is 715 g/mol. The topological polar surface area (TPSA) is 134 Å². The number of anilines is 2. The fourth-order valence-electron chi connectivity index (χ4n) is 5.27. The standard InChI is InChI=1S/C37H35FN4O6S2/c1-4-30(35(46)41-36-32(37(47)48-3)28-17-18-42(22(2)43)21-31(28)50-36)49-27-12-8-11-26(20-27)39-34(45)29(19-23-13-15-25(38)16-14-23)40-33(44)24-9-6-5-7-10-24/h5-16,19-20,30H,4,17-18,21H2,1-3H3,(H,39,45)(H,40,44)(H,41,46)/b29-19-. The lowest BCUT2D eigenvalue weighted by molar-refractivity contribution is -0.129. The van der Waals surface area contributed by atoms with E-state index < -0.39 is 28.9 Å². The summed E-state index contributed by atoms with van der Waals surface area (Å²) in [6.07, 6.45) is 2.39. The number of hydrogen-bond donors (Lipinski definition) is 3. The van der Waals surface area contributed by atoms with E-state index in [1.807, 2.05) is 13.0 Å². The fourth-order valence-corrected chi connectivity index (χ4v) is 7.54. The second-order valence-electron chi connectivity index (χ2n) is 11.3. The molecule has 1 atom stereocenters. The van der Waals surface area contributed by atoms with Crippen LogP contribution in [0.15, 0.2) is 89.5 Å². The Morgan fingerprint density at radius 3 is 2.42 bits per heavy atom. The number of carbonyl (C=O) groups is 5. The van der Waals surface area contributed by atoms with Gasteiger partial charge in [-0.15, -0.1) is 23.1 Å². The quantitative estimate of drug-likeness (QED) is 0.0918. The number of fused-ring (bicyclic) bond motifs is 1. The van der Waals surface area contributed by atoms with Crippen molar-refractivity contribution in [3.05, 3.63) is 118 Å². The Morgan fingerprint density at radius 1 is 1.00 bits per heavy atom. The molecule has 3 N–H and O–H groups in total. The van der Waals surface area contributed by atoms with Crippen LogP contribution in [0.3, 0.4) is 0 Å². The fraction of sp³-hybridized carbons (Fsp3) is 0.216. The van der Waals surface area contributed by atoms with Crippen LogP contribution in [-0.4, -0.2) is 53.4 Å². The maximum atomic E-state index is 13.6. The molecule has 50 heavy (non-hydrogen) atoms. The first kappa shape index (κ1) is 36.0. The van der Waals surface area contributed by atoms with Crippen LogP contribution in [0.25, 0.3) is 6.08 Å². The number of esters is 1. The monoisotopic (exact) mass is 714 g/mol.